The number of aromatic amines is 1. The molecule has 3 rings (SSSR count). The van der Waals surface area contributed by atoms with E-state index in [0.717, 1.165) is 22.5 Å². The summed E-state index contributed by atoms with van der Waals surface area (Å²) < 4.78 is 6.69. The number of hydrogen-bond acceptors (Lipinski definition) is 10. The van der Waals surface area contributed by atoms with E-state index in [1.165, 1.54) is 15.9 Å². The molecule has 0 saturated carbocycles. The smallest absolute Gasteiger partial charge is 0.329 e. The molecule has 0 bridgehead atoms. The number of nitrogens with one attached hydrogen (secondary N) is 1. The van der Waals surface area contributed by atoms with Crippen LogP contribution in [-0.4, -0.2) is 36.3 Å². The first-order chi connectivity index (χ1) is 13.4. The molecule has 0 radical (unpaired) electrons. The molecule has 3 aromatic heterocycles. The highest BCUT2D eigenvalue weighted by molar-refractivity contribution is 7.99. The SMILES string of the molecule is CCCn1c(N)c(C(=O)CSc2nnc(Cc3csc(C)n3)o2)c(=O)[nH]c1=O. The fourth-order valence-corrected chi connectivity index (χ4v) is 3.78. The van der Waals surface area contributed by atoms with Gasteiger partial charge in [0.25, 0.3) is 10.8 Å². The lowest BCUT2D eigenvalue weighted by atomic mass is 10.2. The van der Waals surface area contributed by atoms with E-state index in [1.807, 2.05) is 19.2 Å². The predicted octanol–water partition coefficient (Wildman–Crippen LogP) is 1.24. The van der Waals surface area contributed by atoms with Crippen LogP contribution in [0.4, 0.5) is 5.82 Å². The van der Waals surface area contributed by atoms with E-state index in [-0.39, 0.29) is 22.4 Å². The third kappa shape index (κ3) is 4.39. The summed E-state index contributed by atoms with van der Waals surface area (Å²) in [5.74, 6) is -0.404. The number of aryl methyl sites for hydroxylation is 1. The van der Waals surface area contributed by atoms with E-state index in [0.29, 0.717) is 25.3 Å². The first-order valence-electron chi connectivity index (χ1n) is 8.41. The van der Waals surface area contributed by atoms with Gasteiger partial charge in [-0.05, 0) is 13.3 Å². The van der Waals surface area contributed by atoms with Crippen LogP contribution in [0.1, 0.15) is 40.3 Å². The minimum atomic E-state index is -0.800. The predicted molar refractivity (Wildman–Crippen MR) is 105 cm³/mol. The van der Waals surface area contributed by atoms with Crippen LogP contribution in [0.25, 0.3) is 0 Å². The summed E-state index contributed by atoms with van der Waals surface area (Å²) in [7, 11) is 0. The molecular formula is C16H18N6O4S2. The molecule has 0 saturated heterocycles. The number of carbonyl (C=O) groups is 1. The Bertz CT molecular complexity index is 1110. The van der Waals surface area contributed by atoms with E-state index >= 15 is 0 Å². The summed E-state index contributed by atoms with van der Waals surface area (Å²) in [6.45, 7) is 4.07. The van der Waals surface area contributed by atoms with Gasteiger partial charge in [0.2, 0.25) is 5.89 Å². The van der Waals surface area contributed by atoms with Crippen LogP contribution < -0.4 is 17.0 Å². The number of Topliss-reactive ketones (excluding diaryl/α,β-unsaturated/α-hetero) is 1. The lowest BCUT2D eigenvalue weighted by Crippen LogP contribution is -2.36. The summed E-state index contributed by atoms with van der Waals surface area (Å²) in [6.07, 6.45) is 1.03. The maximum atomic E-state index is 12.5. The number of aromatic nitrogens is 5. The number of nitrogens with zero attached hydrogens (tertiary/aromatic N) is 4. The van der Waals surface area contributed by atoms with Crippen LogP contribution in [0.5, 0.6) is 0 Å². The van der Waals surface area contributed by atoms with Crippen LogP contribution in [0, 0.1) is 6.92 Å². The number of rotatable bonds is 8. The van der Waals surface area contributed by atoms with E-state index in [2.05, 4.69) is 20.2 Å². The van der Waals surface area contributed by atoms with Crippen LogP contribution in [0.3, 0.4) is 0 Å². The van der Waals surface area contributed by atoms with Crippen LogP contribution in [-0.2, 0) is 13.0 Å². The number of nitrogens with two attached hydrogens (primary N) is 1. The van der Waals surface area contributed by atoms with E-state index in [1.54, 1.807) is 0 Å². The molecule has 10 nitrogen and oxygen atoms in total. The Morgan fingerprint density at radius 1 is 1.39 bits per heavy atom. The highest BCUT2D eigenvalue weighted by Gasteiger charge is 2.20. The minimum Gasteiger partial charge on any atom is -0.416 e. The van der Waals surface area contributed by atoms with E-state index < -0.39 is 17.0 Å². The van der Waals surface area contributed by atoms with Gasteiger partial charge in [0, 0.05) is 11.9 Å². The standard InChI is InChI=1S/C16H18N6O4S2/c1-3-4-22-13(17)12(14(24)19-15(22)25)10(23)7-28-16-21-20-11(26-16)5-9-6-27-8(2)18-9/h6H,3-5,7,17H2,1-2H3,(H,19,24,25). The van der Waals surface area contributed by atoms with Gasteiger partial charge in [-0.15, -0.1) is 21.5 Å². The van der Waals surface area contributed by atoms with Crippen molar-refractivity contribution < 1.29 is 9.21 Å². The third-order valence-electron chi connectivity index (χ3n) is 3.74. The molecule has 148 valence electrons. The zero-order chi connectivity index (χ0) is 20.3. The maximum Gasteiger partial charge on any atom is 0.329 e. The second kappa shape index (κ2) is 8.52. The van der Waals surface area contributed by atoms with Gasteiger partial charge < -0.3 is 10.2 Å². The molecule has 0 aromatic carbocycles. The monoisotopic (exact) mass is 422 g/mol. The molecule has 3 heterocycles. The van der Waals surface area contributed by atoms with Crippen molar-refractivity contribution in [2.45, 2.75) is 38.5 Å². The molecule has 3 aromatic rings. The van der Waals surface area contributed by atoms with Gasteiger partial charge in [-0.1, -0.05) is 18.7 Å². The van der Waals surface area contributed by atoms with Crippen molar-refractivity contribution in [1.82, 2.24) is 24.7 Å². The Kier molecular flexibility index (Phi) is 6.09. The summed E-state index contributed by atoms with van der Waals surface area (Å²) in [4.78, 5) is 42.8. The largest absolute Gasteiger partial charge is 0.416 e. The molecule has 3 N–H and O–H groups in total. The summed E-state index contributed by atoms with van der Waals surface area (Å²) in [5.41, 5.74) is 5.05. The summed E-state index contributed by atoms with van der Waals surface area (Å²) >= 11 is 2.53. The van der Waals surface area contributed by atoms with E-state index in [4.69, 9.17) is 10.2 Å². The van der Waals surface area contributed by atoms with Gasteiger partial charge in [0.15, 0.2) is 5.78 Å². The number of ketones is 1. The second-order valence-corrected chi connectivity index (χ2v) is 7.87. The highest BCUT2D eigenvalue weighted by atomic mass is 32.2. The Balaban J connectivity index is 1.70. The lowest BCUT2D eigenvalue weighted by molar-refractivity contribution is 0.102. The molecule has 0 aliphatic heterocycles. The van der Waals surface area contributed by atoms with Gasteiger partial charge in [-0.3, -0.25) is 19.1 Å². The molecule has 0 atom stereocenters. The third-order valence-corrected chi connectivity index (χ3v) is 5.38. The Morgan fingerprint density at radius 2 is 2.18 bits per heavy atom. The molecule has 0 spiro atoms. The number of nitrogen functional groups attached to an aromatic ring is 1. The first kappa shape index (κ1) is 20.0. The van der Waals surface area contributed by atoms with Crippen LogP contribution in [0.2, 0.25) is 0 Å². The molecule has 12 heteroatoms. The van der Waals surface area contributed by atoms with Crippen molar-refractivity contribution in [2.75, 3.05) is 11.5 Å². The molecule has 0 fully saturated rings. The number of hydrogen-bond donors (Lipinski definition) is 2. The van der Waals surface area contributed by atoms with Gasteiger partial charge >= 0.3 is 5.69 Å². The first-order valence-corrected chi connectivity index (χ1v) is 10.3. The molecule has 0 aliphatic carbocycles. The molecule has 0 amide bonds. The van der Waals surface area contributed by atoms with Crippen molar-refractivity contribution >= 4 is 34.7 Å². The highest BCUT2D eigenvalue weighted by Crippen LogP contribution is 2.20. The Hall–Kier alpha value is -2.73. The van der Waals surface area contributed by atoms with Crippen LogP contribution >= 0.6 is 23.1 Å². The quantitative estimate of drug-likeness (QED) is 0.404. The fraction of sp³-hybridized carbons (Fsp3) is 0.375. The van der Waals surface area contributed by atoms with Crippen molar-refractivity contribution in [2.24, 2.45) is 0 Å². The lowest BCUT2D eigenvalue weighted by Gasteiger charge is -2.10. The molecule has 0 unspecified atom stereocenters. The normalized spacial score (nSPS) is 11.1. The van der Waals surface area contributed by atoms with Gasteiger partial charge in [-0.25, -0.2) is 9.78 Å². The topological polar surface area (TPSA) is 150 Å². The van der Waals surface area contributed by atoms with Crippen LogP contribution in [0.15, 0.2) is 24.6 Å². The van der Waals surface area contributed by atoms with Crippen molar-refractivity contribution in [3.8, 4) is 0 Å². The fourth-order valence-electron chi connectivity index (χ4n) is 2.51. The zero-order valence-electron chi connectivity index (χ0n) is 15.2. The maximum absolute atomic E-state index is 12.5. The molecular weight excluding hydrogens is 404 g/mol. The van der Waals surface area contributed by atoms with Crippen molar-refractivity contribution in [3.05, 3.63) is 48.4 Å². The Labute approximate surface area is 167 Å². The van der Waals surface area contributed by atoms with Gasteiger partial charge in [-0.2, -0.15) is 0 Å². The summed E-state index contributed by atoms with van der Waals surface area (Å²) in [5, 5.41) is 10.9. The average Bonchev–Trinajstić information content (AvgIpc) is 3.25. The minimum absolute atomic E-state index is 0.130. The number of thiazole rings is 1. The number of H-pyrrole nitrogens is 1. The average molecular weight is 422 g/mol. The summed E-state index contributed by atoms with van der Waals surface area (Å²) in [6, 6.07) is 0. The number of anilines is 1. The van der Waals surface area contributed by atoms with Crippen molar-refractivity contribution in [1.29, 1.82) is 0 Å². The van der Waals surface area contributed by atoms with Gasteiger partial charge in [0.1, 0.15) is 11.4 Å². The van der Waals surface area contributed by atoms with E-state index in [9.17, 15) is 14.4 Å². The molecule has 0 aliphatic rings. The zero-order valence-corrected chi connectivity index (χ0v) is 16.9. The second-order valence-electron chi connectivity index (χ2n) is 5.88. The Morgan fingerprint density at radius 3 is 2.86 bits per heavy atom. The van der Waals surface area contributed by atoms with Crippen molar-refractivity contribution in [3.63, 3.8) is 0 Å². The molecule has 28 heavy (non-hydrogen) atoms. The van der Waals surface area contributed by atoms with Gasteiger partial charge in [0.05, 0.1) is 22.9 Å². The number of carbonyl (C=O) groups excluding carboxylic acids is 1. The number of thioether (sulfide) groups is 1.